The molecule has 230 valence electrons. The van der Waals surface area contributed by atoms with E-state index in [9.17, 15) is 24.3 Å². The summed E-state index contributed by atoms with van der Waals surface area (Å²) >= 11 is 0. The van der Waals surface area contributed by atoms with E-state index in [0.717, 1.165) is 12.8 Å². The Kier molecular flexibility index (Phi) is 7.62. The molecule has 1 saturated carbocycles. The number of methoxy groups -OCH3 is 1. The third-order valence-corrected chi connectivity index (χ3v) is 11.0. The summed E-state index contributed by atoms with van der Waals surface area (Å²) in [6.07, 6.45) is 2.37. The number of hydrogen-bond acceptors (Lipinski definition) is 9. The molecule has 0 aromatic heterocycles. The van der Waals surface area contributed by atoms with Crippen LogP contribution in [0.4, 0.5) is 0 Å². The van der Waals surface area contributed by atoms with E-state index in [4.69, 9.17) is 14.2 Å². The van der Waals surface area contributed by atoms with Crippen molar-refractivity contribution in [2.24, 2.45) is 22.7 Å². The molecule has 2 saturated heterocycles. The highest BCUT2D eigenvalue weighted by molar-refractivity contribution is 6.47. The van der Waals surface area contributed by atoms with Crippen LogP contribution in [0.15, 0.2) is 53.3 Å². The molecule has 5 aliphatic rings. The van der Waals surface area contributed by atoms with Crippen LogP contribution < -0.4 is 0 Å². The monoisotopic (exact) mass is 591 g/mol. The average Bonchev–Trinajstić information content (AvgIpc) is 3.27. The predicted octanol–water partition coefficient (Wildman–Crippen LogP) is 3.51. The second-order valence-corrected chi connectivity index (χ2v) is 13.3. The number of ketones is 2. The number of aliphatic hydroxyl groups is 1. The van der Waals surface area contributed by atoms with Crippen LogP contribution in [0.25, 0.3) is 0 Å². The van der Waals surface area contributed by atoms with Gasteiger partial charge in [0, 0.05) is 49.7 Å². The van der Waals surface area contributed by atoms with Gasteiger partial charge in [-0.15, -0.1) is 0 Å². The molecule has 9 heteroatoms. The van der Waals surface area contributed by atoms with Gasteiger partial charge in [-0.1, -0.05) is 44.2 Å². The van der Waals surface area contributed by atoms with Crippen LogP contribution in [0.3, 0.4) is 0 Å². The molecule has 0 bridgehead atoms. The number of rotatable bonds is 5. The maximum absolute atomic E-state index is 14.2. The van der Waals surface area contributed by atoms with Crippen molar-refractivity contribution in [1.82, 2.24) is 4.90 Å². The molecule has 6 rings (SSSR count). The van der Waals surface area contributed by atoms with Gasteiger partial charge in [0.05, 0.1) is 24.2 Å². The van der Waals surface area contributed by atoms with Crippen LogP contribution in [-0.2, 0) is 33.4 Å². The molecule has 3 aliphatic carbocycles. The van der Waals surface area contributed by atoms with Crippen molar-refractivity contribution in [3.05, 3.63) is 58.8 Å². The van der Waals surface area contributed by atoms with E-state index in [0.29, 0.717) is 49.4 Å². The van der Waals surface area contributed by atoms with Crippen LogP contribution in [-0.4, -0.2) is 78.6 Å². The number of benzene rings is 1. The number of cyclic esters (lactones) is 1. The number of carbonyl (C=O) groups excluding carboxylic acids is 4. The Bertz CT molecular complexity index is 1390. The lowest BCUT2D eigenvalue weighted by Crippen LogP contribution is -2.63. The van der Waals surface area contributed by atoms with Crippen LogP contribution in [0, 0.1) is 22.7 Å². The topological polar surface area (TPSA) is 119 Å². The van der Waals surface area contributed by atoms with Gasteiger partial charge in [0.25, 0.3) is 0 Å². The largest absolute Gasteiger partial charge is 0.458 e. The summed E-state index contributed by atoms with van der Waals surface area (Å²) in [5, 5.41) is 11.0. The third-order valence-electron chi connectivity index (χ3n) is 11.0. The predicted molar refractivity (Wildman–Crippen MR) is 155 cm³/mol. The fourth-order valence-corrected chi connectivity index (χ4v) is 8.77. The Hall–Kier alpha value is -3.30. The standard InChI is InChI=1S/C34H41NO8/c1-19(36)42-24-16-33(2)23(10-11-25(33)37)27-29(24)34(3)26(18-41-4)43-32(40)22(28(34)31(39)30(27)38)17-35-14-12-21(13-15-35)20-8-6-5-7-9-20/h5-9,17,21,23-26,28,37H,10-16,18H2,1-4H3/b22-17+/t23?,24-,25+,26-,28?,33+,34+/m1/s1. The zero-order valence-corrected chi connectivity index (χ0v) is 25.3. The number of aliphatic hydroxyl groups excluding tert-OH is 1. The average molecular weight is 592 g/mol. The molecule has 2 aliphatic heterocycles. The number of ether oxygens (including phenoxy) is 3. The first kappa shape index (κ1) is 29.8. The number of hydrogen-bond donors (Lipinski definition) is 1. The Morgan fingerprint density at radius 1 is 1.09 bits per heavy atom. The molecule has 1 aromatic carbocycles. The maximum atomic E-state index is 14.2. The van der Waals surface area contributed by atoms with Crippen molar-refractivity contribution in [3.8, 4) is 0 Å². The number of fused-ring (bicyclic) bond motifs is 4. The molecule has 43 heavy (non-hydrogen) atoms. The van der Waals surface area contributed by atoms with Gasteiger partial charge in [-0.25, -0.2) is 4.79 Å². The molecule has 2 unspecified atom stereocenters. The zero-order chi connectivity index (χ0) is 30.7. The van der Waals surface area contributed by atoms with E-state index in [1.165, 1.54) is 19.6 Å². The Balaban J connectivity index is 1.43. The SMILES string of the molecule is COC[C@H]1OC(=O)/C(=C/N2CCC(c3ccccc3)CC2)C2C(=O)C(=O)C3=C([C@H](OC(C)=O)C[C@@]4(C)C3CC[C@@H]4O)[C@]21C. The van der Waals surface area contributed by atoms with Crippen LogP contribution in [0.2, 0.25) is 0 Å². The summed E-state index contributed by atoms with van der Waals surface area (Å²) in [4.78, 5) is 56.4. The number of carbonyl (C=O) groups is 4. The van der Waals surface area contributed by atoms with Gasteiger partial charge >= 0.3 is 11.9 Å². The number of nitrogens with zero attached hydrogens (tertiary/aromatic N) is 1. The summed E-state index contributed by atoms with van der Waals surface area (Å²) in [6.45, 7) is 6.43. The van der Waals surface area contributed by atoms with Crippen molar-refractivity contribution < 1.29 is 38.5 Å². The lowest BCUT2D eigenvalue weighted by molar-refractivity contribution is -0.175. The number of allylic oxidation sites excluding steroid dienone is 1. The van der Waals surface area contributed by atoms with Gasteiger partial charge in [0.15, 0.2) is 0 Å². The van der Waals surface area contributed by atoms with Crippen molar-refractivity contribution >= 4 is 23.5 Å². The second-order valence-electron chi connectivity index (χ2n) is 13.3. The molecule has 9 nitrogen and oxygen atoms in total. The fraction of sp³-hybridized carbons (Fsp3) is 0.588. The molecule has 0 amide bonds. The second kappa shape index (κ2) is 11.0. The molecular weight excluding hydrogens is 550 g/mol. The van der Waals surface area contributed by atoms with E-state index in [2.05, 4.69) is 12.1 Å². The van der Waals surface area contributed by atoms with Gasteiger partial charge in [-0.05, 0) is 55.1 Å². The highest BCUT2D eigenvalue weighted by atomic mass is 16.6. The number of likely N-dealkylation sites (tertiary alicyclic amines) is 1. The van der Waals surface area contributed by atoms with Crippen LogP contribution in [0.1, 0.15) is 64.4 Å². The van der Waals surface area contributed by atoms with E-state index in [1.807, 2.05) is 36.9 Å². The maximum Gasteiger partial charge on any atom is 0.336 e. The summed E-state index contributed by atoms with van der Waals surface area (Å²) in [6, 6.07) is 10.3. The summed E-state index contributed by atoms with van der Waals surface area (Å²) in [5.41, 5.74) is 0.376. The summed E-state index contributed by atoms with van der Waals surface area (Å²) in [7, 11) is 1.49. The van der Waals surface area contributed by atoms with E-state index in [1.54, 1.807) is 6.20 Å². The molecule has 1 aromatic rings. The molecule has 1 N–H and O–H groups in total. The lowest BCUT2D eigenvalue weighted by Gasteiger charge is -2.56. The molecule has 3 fully saturated rings. The minimum atomic E-state index is -1.19. The summed E-state index contributed by atoms with van der Waals surface area (Å²) < 4.78 is 17.4. The smallest absolute Gasteiger partial charge is 0.336 e. The quantitative estimate of drug-likeness (QED) is 0.312. The van der Waals surface area contributed by atoms with Crippen molar-refractivity contribution in [2.45, 2.75) is 77.1 Å². The highest BCUT2D eigenvalue weighted by Gasteiger charge is 2.67. The minimum absolute atomic E-state index is 0.00406. The summed E-state index contributed by atoms with van der Waals surface area (Å²) in [5.74, 6) is -3.55. The van der Waals surface area contributed by atoms with Gasteiger partial charge in [-0.3, -0.25) is 14.4 Å². The minimum Gasteiger partial charge on any atom is -0.458 e. The molecule has 2 heterocycles. The Morgan fingerprint density at radius 3 is 2.44 bits per heavy atom. The molecule has 7 atom stereocenters. The van der Waals surface area contributed by atoms with E-state index >= 15 is 0 Å². The molecule has 0 spiro atoms. The zero-order valence-electron chi connectivity index (χ0n) is 25.3. The van der Waals surface area contributed by atoms with Gasteiger partial charge in [0.1, 0.15) is 12.2 Å². The number of piperidine rings is 1. The normalized spacial score (nSPS) is 37.1. The van der Waals surface area contributed by atoms with Crippen molar-refractivity contribution in [3.63, 3.8) is 0 Å². The first-order valence-electron chi connectivity index (χ1n) is 15.4. The van der Waals surface area contributed by atoms with Crippen molar-refractivity contribution in [1.29, 1.82) is 0 Å². The van der Waals surface area contributed by atoms with Crippen molar-refractivity contribution in [2.75, 3.05) is 26.8 Å². The van der Waals surface area contributed by atoms with Gasteiger partial charge in [-0.2, -0.15) is 0 Å². The number of esters is 2. The van der Waals surface area contributed by atoms with Gasteiger partial charge < -0.3 is 24.2 Å². The number of Topliss-reactive ketones (excluding diaryl/α,β-unsaturated/α-hetero) is 2. The van der Waals surface area contributed by atoms with E-state index < -0.39 is 58.6 Å². The molecular formula is C34H41NO8. The lowest BCUT2D eigenvalue weighted by atomic mass is 9.50. The van der Waals surface area contributed by atoms with Gasteiger partial charge in [0.2, 0.25) is 11.6 Å². The first-order valence-corrected chi connectivity index (χ1v) is 15.4. The first-order chi connectivity index (χ1) is 20.5. The Labute approximate surface area is 252 Å². The highest BCUT2D eigenvalue weighted by Crippen LogP contribution is 2.63. The fourth-order valence-electron chi connectivity index (χ4n) is 8.77. The van der Waals surface area contributed by atoms with Crippen LogP contribution >= 0.6 is 0 Å². The van der Waals surface area contributed by atoms with E-state index in [-0.39, 0.29) is 18.1 Å². The molecule has 0 radical (unpaired) electrons. The Morgan fingerprint density at radius 2 is 1.79 bits per heavy atom. The van der Waals surface area contributed by atoms with Crippen LogP contribution in [0.5, 0.6) is 0 Å². The third kappa shape index (κ3) is 4.67.